The predicted molar refractivity (Wildman–Crippen MR) is 79.3 cm³/mol. The quantitative estimate of drug-likeness (QED) is 0.840. The number of sulfonamides is 1. The highest BCUT2D eigenvalue weighted by Gasteiger charge is 2.27. The zero-order valence-electron chi connectivity index (χ0n) is 11.9. The number of hydrogen-bond donors (Lipinski definition) is 2. The Labute approximate surface area is 120 Å². The summed E-state index contributed by atoms with van der Waals surface area (Å²) in [7, 11) is -2.02. The van der Waals surface area contributed by atoms with Crippen LogP contribution in [0, 0.1) is 5.92 Å². The number of hydrogen-bond acceptors (Lipinski definition) is 4. The van der Waals surface area contributed by atoms with Crippen LogP contribution in [0.15, 0.2) is 29.2 Å². The molecular formula is C14H22N2O3S. The average molecular weight is 298 g/mol. The standard InChI is InChI=1S/C14H22N2O3S/c1-3-13-11(8-9-19-13)10-16-12-6-4-5-7-14(12)20(17,18)15-2/h4-7,11,13,15-16H,3,8-10H2,1-2H3. The molecule has 0 aromatic heterocycles. The molecule has 1 aromatic rings. The highest BCUT2D eigenvalue weighted by atomic mass is 32.2. The predicted octanol–water partition coefficient (Wildman–Crippen LogP) is 1.82. The van der Waals surface area contributed by atoms with Crippen LogP contribution in [0.4, 0.5) is 5.69 Å². The van der Waals surface area contributed by atoms with Gasteiger partial charge in [0.1, 0.15) is 4.90 Å². The Kier molecular flexibility index (Phi) is 5.01. The average Bonchev–Trinajstić information content (AvgIpc) is 2.93. The summed E-state index contributed by atoms with van der Waals surface area (Å²) in [5.74, 6) is 0.436. The van der Waals surface area contributed by atoms with Crippen molar-refractivity contribution in [2.24, 2.45) is 5.92 Å². The summed E-state index contributed by atoms with van der Waals surface area (Å²) in [5.41, 5.74) is 0.642. The van der Waals surface area contributed by atoms with Crippen molar-refractivity contribution in [2.75, 3.05) is 25.5 Å². The van der Waals surface area contributed by atoms with Crippen LogP contribution in [-0.2, 0) is 14.8 Å². The van der Waals surface area contributed by atoms with Crippen molar-refractivity contribution in [1.82, 2.24) is 4.72 Å². The van der Waals surface area contributed by atoms with Gasteiger partial charge >= 0.3 is 0 Å². The van der Waals surface area contributed by atoms with E-state index in [2.05, 4.69) is 17.0 Å². The van der Waals surface area contributed by atoms with Crippen molar-refractivity contribution in [1.29, 1.82) is 0 Å². The zero-order chi connectivity index (χ0) is 14.6. The van der Waals surface area contributed by atoms with Gasteiger partial charge in [-0.2, -0.15) is 0 Å². The van der Waals surface area contributed by atoms with Crippen LogP contribution in [0.1, 0.15) is 19.8 Å². The number of anilines is 1. The van der Waals surface area contributed by atoms with E-state index in [1.807, 2.05) is 6.07 Å². The molecular weight excluding hydrogens is 276 g/mol. The van der Waals surface area contributed by atoms with E-state index >= 15 is 0 Å². The van der Waals surface area contributed by atoms with E-state index in [1.165, 1.54) is 7.05 Å². The van der Waals surface area contributed by atoms with E-state index in [1.54, 1.807) is 18.2 Å². The Hall–Kier alpha value is -1.11. The van der Waals surface area contributed by atoms with Gasteiger partial charge in [-0.15, -0.1) is 0 Å². The van der Waals surface area contributed by atoms with E-state index in [0.717, 1.165) is 26.0 Å². The van der Waals surface area contributed by atoms with Gasteiger partial charge in [0, 0.05) is 19.1 Å². The first-order valence-electron chi connectivity index (χ1n) is 6.96. The van der Waals surface area contributed by atoms with E-state index < -0.39 is 10.0 Å². The van der Waals surface area contributed by atoms with Crippen molar-refractivity contribution in [3.05, 3.63) is 24.3 Å². The normalized spacial score (nSPS) is 22.9. The molecule has 2 N–H and O–H groups in total. The number of nitrogens with one attached hydrogen (secondary N) is 2. The molecule has 1 aromatic carbocycles. The molecule has 1 aliphatic rings. The molecule has 2 rings (SSSR count). The molecule has 0 saturated carbocycles. The largest absolute Gasteiger partial charge is 0.384 e. The van der Waals surface area contributed by atoms with Crippen molar-refractivity contribution in [2.45, 2.75) is 30.8 Å². The van der Waals surface area contributed by atoms with Gasteiger partial charge in [0.2, 0.25) is 10.0 Å². The van der Waals surface area contributed by atoms with Crippen LogP contribution < -0.4 is 10.0 Å². The molecule has 6 heteroatoms. The van der Waals surface area contributed by atoms with Gasteiger partial charge in [-0.05, 0) is 32.0 Å². The Balaban J connectivity index is 2.10. The summed E-state index contributed by atoms with van der Waals surface area (Å²) < 4.78 is 31.9. The number of ether oxygens (including phenoxy) is 1. The van der Waals surface area contributed by atoms with Crippen LogP contribution in [0.2, 0.25) is 0 Å². The second-order valence-electron chi connectivity index (χ2n) is 4.95. The lowest BCUT2D eigenvalue weighted by Gasteiger charge is -2.19. The lowest BCUT2D eigenvalue weighted by molar-refractivity contribution is 0.0900. The third-order valence-electron chi connectivity index (χ3n) is 3.75. The van der Waals surface area contributed by atoms with E-state index in [-0.39, 0.29) is 11.0 Å². The summed E-state index contributed by atoms with van der Waals surface area (Å²) in [6, 6.07) is 6.96. The maximum Gasteiger partial charge on any atom is 0.242 e. The van der Waals surface area contributed by atoms with Crippen LogP contribution in [-0.4, -0.2) is 34.7 Å². The molecule has 2 unspecified atom stereocenters. The second kappa shape index (κ2) is 6.56. The molecule has 1 fully saturated rings. The minimum absolute atomic E-state index is 0.274. The fourth-order valence-electron chi connectivity index (χ4n) is 2.58. The summed E-state index contributed by atoms with van der Waals surface area (Å²) in [6.45, 7) is 3.64. The zero-order valence-corrected chi connectivity index (χ0v) is 12.7. The van der Waals surface area contributed by atoms with Crippen molar-refractivity contribution in [3.8, 4) is 0 Å². The molecule has 0 spiro atoms. The molecule has 0 aliphatic carbocycles. The minimum atomic E-state index is -3.44. The topological polar surface area (TPSA) is 67.4 Å². The maximum absolute atomic E-state index is 12.0. The first-order chi connectivity index (χ1) is 9.58. The second-order valence-corrected chi connectivity index (χ2v) is 6.81. The third kappa shape index (κ3) is 3.31. The summed E-state index contributed by atoms with van der Waals surface area (Å²) in [6.07, 6.45) is 2.28. The van der Waals surface area contributed by atoms with Crippen LogP contribution in [0.5, 0.6) is 0 Å². The Morgan fingerprint density at radius 2 is 2.10 bits per heavy atom. The first-order valence-corrected chi connectivity index (χ1v) is 8.45. The van der Waals surface area contributed by atoms with Gasteiger partial charge in [0.05, 0.1) is 11.8 Å². The van der Waals surface area contributed by atoms with Gasteiger partial charge in [0.25, 0.3) is 0 Å². The highest BCUT2D eigenvalue weighted by molar-refractivity contribution is 7.89. The first kappa shape index (κ1) is 15.3. The van der Waals surface area contributed by atoms with Crippen LogP contribution >= 0.6 is 0 Å². The van der Waals surface area contributed by atoms with Crippen molar-refractivity contribution >= 4 is 15.7 Å². The Bertz CT molecular complexity index is 545. The third-order valence-corrected chi connectivity index (χ3v) is 5.22. The molecule has 1 saturated heterocycles. The number of rotatable bonds is 6. The molecule has 0 radical (unpaired) electrons. The van der Waals surface area contributed by atoms with Gasteiger partial charge < -0.3 is 10.1 Å². The summed E-state index contributed by atoms with van der Waals surface area (Å²) in [4.78, 5) is 0.287. The van der Waals surface area contributed by atoms with Gasteiger partial charge in [0.15, 0.2) is 0 Å². The Morgan fingerprint density at radius 3 is 2.80 bits per heavy atom. The van der Waals surface area contributed by atoms with Gasteiger partial charge in [-0.25, -0.2) is 13.1 Å². The number of benzene rings is 1. The van der Waals surface area contributed by atoms with Gasteiger partial charge in [-0.1, -0.05) is 19.1 Å². The maximum atomic E-state index is 12.0. The van der Waals surface area contributed by atoms with Crippen LogP contribution in [0.25, 0.3) is 0 Å². The molecule has 2 atom stereocenters. The van der Waals surface area contributed by atoms with Crippen molar-refractivity contribution < 1.29 is 13.2 Å². The van der Waals surface area contributed by atoms with Crippen LogP contribution in [0.3, 0.4) is 0 Å². The molecule has 0 amide bonds. The SMILES string of the molecule is CCC1OCCC1CNc1ccccc1S(=O)(=O)NC. The monoisotopic (exact) mass is 298 g/mol. The van der Waals surface area contributed by atoms with E-state index in [9.17, 15) is 8.42 Å². The lowest BCUT2D eigenvalue weighted by atomic mass is 9.99. The Morgan fingerprint density at radius 1 is 1.35 bits per heavy atom. The number of para-hydroxylation sites is 1. The van der Waals surface area contributed by atoms with Crippen molar-refractivity contribution in [3.63, 3.8) is 0 Å². The van der Waals surface area contributed by atoms with E-state index in [0.29, 0.717) is 11.6 Å². The molecule has 0 bridgehead atoms. The minimum Gasteiger partial charge on any atom is -0.384 e. The molecule has 20 heavy (non-hydrogen) atoms. The molecule has 1 heterocycles. The fraction of sp³-hybridized carbons (Fsp3) is 0.571. The summed E-state index contributed by atoms with van der Waals surface area (Å²) >= 11 is 0. The molecule has 112 valence electrons. The van der Waals surface area contributed by atoms with Gasteiger partial charge in [-0.3, -0.25) is 0 Å². The highest BCUT2D eigenvalue weighted by Crippen LogP contribution is 2.26. The van der Waals surface area contributed by atoms with E-state index in [4.69, 9.17) is 4.74 Å². The fourth-order valence-corrected chi connectivity index (χ4v) is 3.48. The smallest absolute Gasteiger partial charge is 0.242 e. The molecule has 5 nitrogen and oxygen atoms in total. The molecule has 1 aliphatic heterocycles. The summed E-state index contributed by atoms with van der Waals surface area (Å²) in [5, 5.41) is 3.26. The lowest BCUT2D eigenvalue weighted by Crippen LogP contribution is -2.25.